The molecule has 0 aliphatic rings. The van der Waals surface area contributed by atoms with E-state index in [4.69, 9.17) is 37.4 Å². The lowest BCUT2D eigenvalue weighted by Gasteiger charge is -2.33. The van der Waals surface area contributed by atoms with Crippen molar-refractivity contribution in [3.63, 3.8) is 0 Å². The number of anilines is 1. The molecule has 10 nitrogen and oxygen atoms in total. The van der Waals surface area contributed by atoms with Crippen LogP contribution in [0.3, 0.4) is 0 Å². The van der Waals surface area contributed by atoms with E-state index in [1.54, 1.807) is 42.5 Å². The molecule has 0 unspecified atom stereocenters. The van der Waals surface area contributed by atoms with Crippen molar-refractivity contribution < 1.29 is 32.2 Å². The Bertz CT molecular complexity index is 1820. The molecule has 0 bridgehead atoms. The van der Waals surface area contributed by atoms with Gasteiger partial charge >= 0.3 is 0 Å². The lowest BCUT2D eigenvalue weighted by atomic mass is 10.0. The first kappa shape index (κ1) is 36.4. The summed E-state index contributed by atoms with van der Waals surface area (Å²) in [4.78, 5) is 29.2. The van der Waals surface area contributed by atoms with E-state index in [0.717, 1.165) is 9.87 Å². The molecule has 4 aromatic carbocycles. The van der Waals surface area contributed by atoms with Crippen LogP contribution in [0.1, 0.15) is 18.1 Å². The largest absolute Gasteiger partial charge is 0.494 e. The maximum Gasteiger partial charge on any atom is 0.264 e. The van der Waals surface area contributed by atoms with Crippen molar-refractivity contribution in [1.29, 1.82) is 0 Å². The fourth-order valence-electron chi connectivity index (χ4n) is 5.06. The summed E-state index contributed by atoms with van der Waals surface area (Å²) >= 11 is 12.5. The highest BCUT2D eigenvalue weighted by Crippen LogP contribution is 2.33. The summed E-state index contributed by atoms with van der Waals surface area (Å²) in [5, 5.41) is 3.26. The quantitative estimate of drug-likeness (QED) is 0.161. The Kier molecular flexibility index (Phi) is 12.6. The van der Waals surface area contributed by atoms with E-state index in [1.807, 2.05) is 37.3 Å². The standard InChI is InChI=1S/C35H37Cl2N3O7S/c1-5-47-27-14-12-26(13-15-27)40(48(43,44)28-16-18-32(45-3)33(21-28)46-4)23-34(41)39(22-25-11-17-29(36)30(37)19-25)31(35(42)38-2)20-24-9-7-6-8-10-24/h6-19,21,31H,5,20,22-23H2,1-4H3,(H,38,42)/t31-/m1/s1. The van der Waals surface area contributed by atoms with Gasteiger partial charge in [-0.1, -0.05) is 59.6 Å². The third-order valence-electron chi connectivity index (χ3n) is 7.51. The smallest absolute Gasteiger partial charge is 0.264 e. The van der Waals surface area contributed by atoms with Gasteiger partial charge in [0.25, 0.3) is 10.0 Å². The topological polar surface area (TPSA) is 114 Å². The van der Waals surface area contributed by atoms with Crippen LogP contribution in [-0.2, 0) is 32.6 Å². The van der Waals surface area contributed by atoms with Gasteiger partial charge in [0, 0.05) is 26.1 Å². The van der Waals surface area contributed by atoms with Crippen molar-refractivity contribution in [2.45, 2.75) is 30.8 Å². The molecule has 0 heterocycles. The average Bonchev–Trinajstić information content (AvgIpc) is 3.10. The molecule has 0 radical (unpaired) electrons. The molecule has 0 fully saturated rings. The number of benzene rings is 4. The summed E-state index contributed by atoms with van der Waals surface area (Å²) in [6, 6.07) is 23.7. The Morgan fingerprint density at radius 2 is 1.52 bits per heavy atom. The SMILES string of the molecule is CCOc1ccc(N(CC(=O)N(Cc2ccc(Cl)c(Cl)c2)[C@H](Cc2ccccc2)C(=O)NC)S(=O)(=O)c2ccc(OC)c(OC)c2)cc1. The van der Waals surface area contributed by atoms with Crippen LogP contribution in [-0.4, -0.2) is 65.6 Å². The number of ether oxygens (including phenoxy) is 3. The minimum atomic E-state index is -4.39. The Hall–Kier alpha value is -4.45. The van der Waals surface area contributed by atoms with Gasteiger partial charge in [-0.25, -0.2) is 8.42 Å². The number of nitrogens with zero attached hydrogens (tertiary/aromatic N) is 2. The first-order valence-corrected chi connectivity index (χ1v) is 17.2. The summed E-state index contributed by atoms with van der Waals surface area (Å²) in [5.41, 5.74) is 1.60. The number of carbonyl (C=O) groups excluding carboxylic acids is 2. The molecule has 0 aromatic heterocycles. The maximum atomic E-state index is 14.5. The number of amides is 2. The van der Waals surface area contributed by atoms with Crippen LogP contribution in [0.2, 0.25) is 10.0 Å². The van der Waals surface area contributed by atoms with Crippen molar-refractivity contribution in [3.8, 4) is 17.2 Å². The molecule has 4 aromatic rings. The van der Waals surface area contributed by atoms with Crippen LogP contribution >= 0.6 is 23.2 Å². The number of nitrogens with one attached hydrogen (secondary N) is 1. The minimum absolute atomic E-state index is 0.0613. The minimum Gasteiger partial charge on any atom is -0.494 e. The first-order chi connectivity index (χ1) is 23.0. The molecule has 13 heteroatoms. The van der Waals surface area contributed by atoms with Crippen molar-refractivity contribution in [2.24, 2.45) is 0 Å². The monoisotopic (exact) mass is 713 g/mol. The van der Waals surface area contributed by atoms with Crippen LogP contribution < -0.4 is 23.8 Å². The number of carbonyl (C=O) groups is 2. The molecule has 254 valence electrons. The number of hydrogen-bond donors (Lipinski definition) is 1. The summed E-state index contributed by atoms with van der Waals surface area (Å²) < 4.78 is 46.0. The zero-order chi connectivity index (χ0) is 34.8. The summed E-state index contributed by atoms with van der Waals surface area (Å²) in [7, 11) is -0.0691. The third-order valence-corrected chi connectivity index (χ3v) is 10.0. The maximum absolute atomic E-state index is 14.5. The Labute approximate surface area is 291 Å². The van der Waals surface area contributed by atoms with Gasteiger partial charge in [0.2, 0.25) is 11.8 Å². The Morgan fingerprint density at radius 3 is 2.12 bits per heavy atom. The molecular weight excluding hydrogens is 677 g/mol. The second-order valence-electron chi connectivity index (χ2n) is 10.5. The van der Waals surface area contributed by atoms with Crippen LogP contribution in [0, 0.1) is 0 Å². The number of halogens is 2. The highest BCUT2D eigenvalue weighted by atomic mass is 35.5. The number of likely N-dealkylation sites (N-methyl/N-ethyl adjacent to an activating group) is 1. The van der Waals surface area contributed by atoms with Gasteiger partial charge in [-0.05, 0) is 66.6 Å². The van der Waals surface area contributed by atoms with Crippen molar-refractivity contribution in [1.82, 2.24) is 10.2 Å². The molecular formula is C35H37Cl2N3O7S. The molecule has 0 spiro atoms. The molecule has 48 heavy (non-hydrogen) atoms. The zero-order valence-corrected chi connectivity index (χ0v) is 29.3. The fourth-order valence-corrected chi connectivity index (χ4v) is 6.81. The van der Waals surface area contributed by atoms with Gasteiger partial charge < -0.3 is 24.4 Å². The van der Waals surface area contributed by atoms with E-state index in [0.29, 0.717) is 28.7 Å². The predicted molar refractivity (Wildman–Crippen MR) is 187 cm³/mol. The number of rotatable bonds is 15. The Morgan fingerprint density at radius 1 is 0.833 bits per heavy atom. The molecule has 2 amide bonds. The van der Waals surface area contributed by atoms with E-state index < -0.39 is 34.4 Å². The lowest BCUT2D eigenvalue weighted by Crippen LogP contribution is -2.53. The van der Waals surface area contributed by atoms with E-state index in [9.17, 15) is 18.0 Å². The molecule has 0 saturated carbocycles. The van der Waals surface area contributed by atoms with Crippen LogP contribution in [0.15, 0.2) is 95.9 Å². The molecule has 0 aliphatic heterocycles. The van der Waals surface area contributed by atoms with E-state index in [-0.39, 0.29) is 34.3 Å². The van der Waals surface area contributed by atoms with Crippen LogP contribution in [0.25, 0.3) is 0 Å². The fraction of sp³-hybridized carbons (Fsp3) is 0.257. The molecule has 0 saturated heterocycles. The lowest BCUT2D eigenvalue weighted by molar-refractivity contribution is -0.139. The highest BCUT2D eigenvalue weighted by Gasteiger charge is 2.35. The van der Waals surface area contributed by atoms with Crippen molar-refractivity contribution in [3.05, 3.63) is 112 Å². The van der Waals surface area contributed by atoms with Crippen molar-refractivity contribution in [2.75, 3.05) is 38.7 Å². The third kappa shape index (κ3) is 8.71. The van der Waals surface area contributed by atoms with E-state index in [1.165, 1.54) is 44.4 Å². The zero-order valence-electron chi connectivity index (χ0n) is 27.0. The van der Waals surface area contributed by atoms with Gasteiger partial charge in [-0.3, -0.25) is 13.9 Å². The van der Waals surface area contributed by atoms with Gasteiger partial charge in [-0.15, -0.1) is 0 Å². The van der Waals surface area contributed by atoms with Crippen molar-refractivity contribution >= 4 is 50.7 Å². The second kappa shape index (κ2) is 16.6. The second-order valence-corrected chi connectivity index (χ2v) is 13.2. The summed E-state index contributed by atoms with van der Waals surface area (Å²) in [6.45, 7) is 1.54. The van der Waals surface area contributed by atoms with E-state index >= 15 is 0 Å². The molecule has 0 aliphatic carbocycles. The number of sulfonamides is 1. The van der Waals surface area contributed by atoms with Gasteiger partial charge in [0.05, 0.1) is 41.5 Å². The van der Waals surface area contributed by atoms with Gasteiger partial charge in [0.15, 0.2) is 11.5 Å². The Balaban J connectivity index is 1.83. The van der Waals surface area contributed by atoms with Gasteiger partial charge in [-0.2, -0.15) is 0 Å². The molecule has 4 rings (SSSR count). The molecule has 1 N–H and O–H groups in total. The summed E-state index contributed by atoms with van der Waals surface area (Å²) in [6.07, 6.45) is 0.166. The predicted octanol–water partition coefficient (Wildman–Crippen LogP) is 5.99. The first-order valence-electron chi connectivity index (χ1n) is 15.0. The summed E-state index contributed by atoms with van der Waals surface area (Å²) in [5.74, 6) is -0.00592. The highest BCUT2D eigenvalue weighted by molar-refractivity contribution is 7.92. The number of hydrogen-bond acceptors (Lipinski definition) is 7. The van der Waals surface area contributed by atoms with Crippen LogP contribution in [0.5, 0.6) is 17.2 Å². The average molecular weight is 715 g/mol. The van der Waals surface area contributed by atoms with Gasteiger partial charge in [0.1, 0.15) is 18.3 Å². The normalized spacial score (nSPS) is 11.7. The van der Waals surface area contributed by atoms with Crippen LogP contribution in [0.4, 0.5) is 5.69 Å². The van der Waals surface area contributed by atoms with E-state index in [2.05, 4.69) is 5.32 Å². The molecule has 1 atom stereocenters. The number of methoxy groups -OCH3 is 2.